The molecular formula is C16H25BN2O2. The normalized spacial score (nSPS) is 20.9. The number of likely N-dealkylation sites (N-methyl/N-ethyl adjacent to an activating group) is 1. The van der Waals surface area contributed by atoms with Crippen molar-refractivity contribution in [1.29, 1.82) is 0 Å². The van der Waals surface area contributed by atoms with Crippen LogP contribution in [0, 0.1) is 6.92 Å². The standard InChI is InChI=1S/C16H25BN2O2/c1-12-10-19-8-7-13(12)9-14(11-18-6)17-20-15(2,3)16(4,5)21-17/h7-10,18H,11H2,1-6H3. The van der Waals surface area contributed by atoms with Gasteiger partial charge in [-0.1, -0.05) is 6.08 Å². The second-order valence-corrected chi connectivity index (χ2v) is 6.57. The highest BCUT2D eigenvalue weighted by Gasteiger charge is 2.52. The van der Waals surface area contributed by atoms with E-state index < -0.39 is 0 Å². The summed E-state index contributed by atoms with van der Waals surface area (Å²) >= 11 is 0. The number of hydrogen-bond acceptors (Lipinski definition) is 4. The number of aryl methyl sites for hydroxylation is 1. The Morgan fingerprint density at radius 3 is 2.43 bits per heavy atom. The first kappa shape index (κ1) is 16.2. The Kier molecular flexibility index (Phi) is 4.56. The van der Waals surface area contributed by atoms with Crippen LogP contribution >= 0.6 is 0 Å². The number of pyridine rings is 1. The van der Waals surface area contributed by atoms with Crippen LogP contribution < -0.4 is 5.32 Å². The van der Waals surface area contributed by atoms with Crippen molar-refractivity contribution in [1.82, 2.24) is 10.3 Å². The lowest BCUT2D eigenvalue weighted by atomic mass is 9.76. The van der Waals surface area contributed by atoms with E-state index in [1.54, 1.807) is 6.20 Å². The fraction of sp³-hybridized carbons (Fsp3) is 0.562. The molecule has 1 saturated heterocycles. The second-order valence-electron chi connectivity index (χ2n) is 6.57. The van der Waals surface area contributed by atoms with Crippen LogP contribution in [0.2, 0.25) is 0 Å². The number of hydrogen-bond donors (Lipinski definition) is 1. The molecule has 0 spiro atoms. The molecule has 4 nitrogen and oxygen atoms in total. The SMILES string of the molecule is CNCC(=Cc1ccncc1C)B1OC(C)(C)C(C)(C)O1. The molecule has 0 amide bonds. The van der Waals surface area contributed by atoms with Crippen LogP contribution in [-0.4, -0.2) is 36.9 Å². The van der Waals surface area contributed by atoms with Gasteiger partial charge < -0.3 is 14.6 Å². The molecule has 1 fully saturated rings. The minimum Gasteiger partial charge on any atom is -0.400 e. The molecule has 0 atom stereocenters. The molecule has 114 valence electrons. The third kappa shape index (κ3) is 3.36. The van der Waals surface area contributed by atoms with E-state index >= 15 is 0 Å². The van der Waals surface area contributed by atoms with E-state index in [9.17, 15) is 0 Å². The van der Waals surface area contributed by atoms with Gasteiger partial charge in [-0.2, -0.15) is 0 Å². The Morgan fingerprint density at radius 1 is 1.29 bits per heavy atom. The van der Waals surface area contributed by atoms with Crippen LogP contribution in [0.15, 0.2) is 23.9 Å². The van der Waals surface area contributed by atoms with Gasteiger partial charge in [0.25, 0.3) is 0 Å². The summed E-state index contributed by atoms with van der Waals surface area (Å²) in [6, 6.07) is 2.01. The van der Waals surface area contributed by atoms with Gasteiger partial charge in [0.15, 0.2) is 0 Å². The van der Waals surface area contributed by atoms with Gasteiger partial charge in [0.1, 0.15) is 0 Å². The Morgan fingerprint density at radius 2 is 1.90 bits per heavy atom. The predicted octanol–water partition coefficient (Wildman–Crippen LogP) is 2.62. The Hall–Kier alpha value is -1.17. The van der Waals surface area contributed by atoms with Gasteiger partial charge >= 0.3 is 7.12 Å². The first-order valence-corrected chi connectivity index (χ1v) is 7.38. The van der Waals surface area contributed by atoms with E-state index in [1.165, 1.54) is 0 Å². The lowest BCUT2D eigenvalue weighted by Crippen LogP contribution is -2.41. The largest absolute Gasteiger partial charge is 0.491 e. The molecule has 1 aliphatic rings. The van der Waals surface area contributed by atoms with Gasteiger partial charge in [-0.05, 0) is 64.3 Å². The monoisotopic (exact) mass is 288 g/mol. The van der Waals surface area contributed by atoms with Crippen molar-refractivity contribution < 1.29 is 9.31 Å². The fourth-order valence-corrected chi connectivity index (χ4v) is 2.25. The molecule has 0 saturated carbocycles. The van der Waals surface area contributed by atoms with Crippen molar-refractivity contribution >= 4 is 13.2 Å². The maximum absolute atomic E-state index is 6.14. The zero-order valence-electron chi connectivity index (χ0n) is 13.9. The van der Waals surface area contributed by atoms with Crippen LogP contribution in [0.1, 0.15) is 38.8 Å². The van der Waals surface area contributed by atoms with Crippen molar-refractivity contribution in [3.8, 4) is 0 Å². The Balaban J connectivity index is 2.31. The summed E-state index contributed by atoms with van der Waals surface area (Å²) in [5, 5.41) is 3.20. The zero-order valence-corrected chi connectivity index (χ0v) is 13.9. The summed E-state index contributed by atoms with van der Waals surface area (Å²) in [6.07, 6.45) is 5.81. The highest BCUT2D eigenvalue weighted by Crippen LogP contribution is 2.38. The summed E-state index contributed by atoms with van der Waals surface area (Å²) in [6.45, 7) is 11.1. The fourth-order valence-electron chi connectivity index (χ4n) is 2.25. The smallest absolute Gasteiger partial charge is 0.400 e. The molecule has 0 unspecified atom stereocenters. The van der Waals surface area contributed by atoms with Gasteiger partial charge in [-0.15, -0.1) is 0 Å². The molecule has 1 aromatic heterocycles. The van der Waals surface area contributed by atoms with Crippen molar-refractivity contribution in [3.05, 3.63) is 35.1 Å². The van der Waals surface area contributed by atoms with Crippen LogP contribution in [0.25, 0.3) is 6.08 Å². The number of nitrogens with zero attached hydrogens (tertiary/aromatic N) is 1. The highest BCUT2D eigenvalue weighted by atomic mass is 16.7. The van der Waals surface area contributed by atoms with E-state index in [-0.39, 0.29) is 18.3 Å². The third-order valence-electron chi connectivity index (χ3n) is 4.34. The molecule has 1 aliphatic heterocycles. The van der Waals surface area contributed by atoms with Crippen LogP contribution in [-0.2, 0) is 9.31 Å². The molecule has 2 heterocycles. The third-order valence-corrected chi connectivity index (χ3v) is 4.34. The minimum absolute atomic E-state index is 0.322. The topological polar surface area (TPSA) is 43.4 Å². The summed E-state index contributed by atoms with van der Waals surface area (Å²) in [7, 11) is 1.60. The first-order chi connectivity index (χ1) is 9.77. The minimum atomic E-state index is -0.324. The molecule has 0 aromatic carbocycles. The molecule has 0 aliphatic carbocycles. The van der Waals surface area contributed by atoms with Gasteiger partial charge in [-0.25, -0.2) is 0 Å². The lowest BCUT2D eigenvalue weighted by molar-refractivity contribution is 0.00578. The summed E-state index contributed by atoms with van der Waals surface area (Å²) in [5.41, 5.74) is 2.73. The van der Waals surface area contributed by atoms with Crippen LogP contribution in [0.5, 0.6) is 0 Å². The van der Waals surface area contributed by atoms with E-state index in [2.05, 4.69) is 51.0 Å². The number of aromatic nitrogens is 1. The van der Waals surface area contributed by atoms with E-state index in [0.717, 1.165) is 23.1 Å². The molecule has 5 heteroatoms. The van der Waals surface area contributed by atoms with Crippen molar-refractivity contribution in [2.24, 2.45) is 0 Å². The van der Waals surface area contributed by atoms with Crippen LogP contribution in [0.4, 0.5) is 0 Å². The maximum atomic E-state index is 6.14. The lowest BCUT2D eigenvalue weighted by Gasteiger charge is -2.32. The summed E-state index contributed by atoms with van der Waals surface area (Å²) in [5.74, 6) is 0. The van der Waals surface area contributed by atoms with Crippen molar-refractivity contribution in [2.45, 2.75) is 45.8 Å². The Bertz CT molecular complexity index is 525. The molecule has 2 rings (SSSR count). The van der Waals surface area contributed by atoms with E-state index in [1.807, 2.05) is 19.3 Å². The van der Waals surface area contributed by atoms with Crippen molar-refractivity contribution in [3.63, 3.8) is 0 Å². The number of rotatable bonds is 4. The zero-order chi connectivity index (χ0) is 15.7. The van der Waals surface area contributed by atoms with Crippen LogP contribution in [0.3, 0.4) is 0 Å². The summed E-state index contributed by atoms with van der Waals surface area (Å²) < 4.78 is 12.3. The Labute approximate surface area is 128 Å². The van der Waals surface area contributed by atoms with Gasteiger partial charge in [-0.3, -0.25) is 4.98 Å². The molecule has 1 aromatic rings. The van der Waals surface area contributed by atoms with Crippen molar-refractivity contribution in [2.75, 3.05) is 13.6 Å². The molecular weight excluding hydrogens is 263 g/mol. The average molecular weight is 288 g/mol. The average Bonchev–Trinajstić information content (AvgIpc) is 2.60. The molecule has 0 bridgehead atoms. The molecule has 1 N–H and O–H groups in total. The quantitative estimate of drug-likeness (QED) is 0.865. The van der Waals surface area contributed by atoms with E-state index in [0.29, 0.717) is 0 Å². The molecule has 0 radical (unpaired) electrons. The summed E-state index contributed by atoms with van der Waals surface area (Å²) in [4.78, 5) is 4.13. The van der Waals surface area contributed by atoms with E-state index in [4.69, 9.17) is 9.31 Å². The second kappa shape index (κ2) is 5.91. The molecule has 21 heavy (non-hydrogen) atoms. The van der Waals surface area contributed by atoms with Gasteiger partial charge in [0.2, 0.25) is 0 Å². The highest BCUT2D eigenvalue weighted by molar-refractivity contribution is 6.55. The maximum Gasteiger partial charge on any atom is 0.491 e. The first-order valence-electron chi connectivity index (χ1n) is 7.38. The van der Waals surface area contributed by atoms with Gasteiger partial charge in [0.05, 0.1) is 11.2 Å². The number of nitrogens with one attached hydrogen (secondary N) is 1. The predicted molar refractivity (Wildman–Crippen MR) is 87.0 cm³/mol. The van der Waals surface area contributed by atoms with Gasteiger partial charge in [0, 0.05) is 18.9 Å².